The molecule has 1 aromatic rings. The fourth-order valence-electron chi connectivity index (χ4n) is 1.00. The molecular weight excluding hydrogens is 249 g/mol. The molecule has 0 saturated carbocycles. The van der Waals surface area contributed by atoms with Crippen LogP contribution in [0.3, 0.4) is 0 Å². The van der Waals surface area contributed by atoms with Crippen LogP contribution in [0, 0.1) is 12.3 Å². The maximum absolute atomic E-state index is 12.3. The minimum absolute atomic E-state index is 0.590. The number of pyridine rings is 1. The highest BCUT2D eigenvalue weighted by Crippen LogP contribution is 2.23. The van der Waals surface area contributed by atoms with Gasteiger partial charge in [0.2, 0.25) is 0 Å². The summed E-state index contributed by atoms with van der Waals surface area (Å²) < 4.78 is 39.1. The van der Waals surface area contributed by atoms with Crippen molar-refractivity contribution in [1.29, 1.82) is 0 Å². The van der Waals surface area contributed by atoms with Crippen LogP contribution in [0.2, 0.25) is 0 Å². The molecule has 0 aliphatic heterocycles. The fourth-order valence-corrected chi connectivity index (χ4v) is 1.70. The molecule has 1 atom stereocenters. The van der Waals surface area contributed by atoms with Crippen molar-refractivity contribution in [3.63, 3.8) is 0 Å². The molecule has 6 heteroatoms. The van der Waals surface area contributed by atoms with Gasteiger partial charge in [-0.2, -0.15) is 13.2 Å². The van der Waals surface area contributed by atoms with E-state index in [0.717, 1.165) is 24.1 Å². The summed E-state index contributed by atoms with van der Waals surface area (Å²) in [5.41, 5.74) is 0.888. The van der Waals surface area contributed by atoms with Crippen LogP contribution < -0.4 is 4.72 Å². The standard InChI is InChI=1S/C11H11F3N2S/c1-3-8-5-6-9(7-15-8)17-16-10(4-2)11(12,13)14/h2,5-7,10,16H,3H2,1H3. The molecule has 0 radical (unpaired) electrons. The summed E-state index contributed by atoms with van der Waals surface area (Å²) in [6, 6.07) is 1.51. The van der Waals surface area contributed by atoms with E-state index < -0.39 is 12.2 Å². The van der Waals surface area contributed by atoms with Crippen molar-refractivity contribution in [3.8, 4) is 12.3 Å². The van der Waals surface area contributed by atoms with Gasteiger partial charge in [0.05, 0.1) is 0 Å². The molecule has 1 aromatic heterocycles. The third-order valence-electron chi connectivity index (χ3n) is 1.95. The van der Waals surface area contributed by atoms with Crippen LogP contribution in [0.4, 0.5) is 13.2 Å². The number of rotatable bonds is 4. The van der Waals surface area contributed by atoms with Gasteiger partial charge in [0.15, 0.2) is 6.04 Å². The van der Waals surface area contributed by atoms with Crippen molar-refractivity contribution in [2.75, 3.05) is 0 Å². The molecule has 0 bridgehead atoms. The van der Waals surface area contributed by atoms with Crippen LogP contribution in [0.25, 0.3) is 0 Å². The van der Waals surface area contributed by atoms with Gasteiger partial charge in [-0.25, -0.2) is 4.72 Å². The maximum Gasteiger partial charge on any atom is 0.415 e. The van der Waals surface area contributed by atoms with Crippen LogP contribution in [0.5, 0.6) is 0 Å². The fraction of sp³-hybridized carbons (Fsp3) is 0.364. The van der Waals surface area contributed by atoms with E-state index in [-0.39, 0.29) is 0 Å². The smallest absolute Gasteiger partial charge is 0.260 e. The summed E-state index contributed by atoms with van der Waals surface area (Å²) in [6.45, 7) is 1.95. The van der Waals surface area contributed by atoms with E-state index in [2.05, 4.69) is 9.71 Å². The van der Waals surface area contributed by atoms with Crippen LogP contribution >= 0.6 is 11.9 Å². The number of aromatic nitrogens is 1. The Morgan fingerprint density at radius 3 is 2.65 bits per heavy atom. The molecule has 2 nitrogen and oxygen atoms in total. The number of nitrogens with zero attached hydrogens (tertiary/aromatic N) is 1. The predicted molar refractivity (Wildman–Crippen MR) is 61.3 cm³/mol. The summed E-state index contributed by atoms with van der Waals surface area (Å²) in [6.07, 6.45) is 2.66. The van der Waals surface area contributed by atoms with Gasteiger partial charge < -0.3 is 0 Å². The molecule has 1 rings (SSSR count). The highest BCUT2D eigenvalue weighted by Gasteiger charge is 2.38. The highest BCUT2D eigenvalue weighted by atomic mass is 32.2. The lowest BCUT2D eigenvalue weighted by atomic mass is 10.3. The number of hydrogen-bond acceptors (Lipinski definition) is 3. The van der Waals surface area contributed by atoms with E-state index in [1.807, 2.05) is 6.92 Å². The molecule has 0 fully saturated rings. The van der Waals surface area contributed by atoms with E-state index in [1.54, 1.807) is 18.1 Å². The van der Waals surface area contributed by atoms with Gasteiger partial charge in [-0.3, -0.25) is 4.98 Å². The van der Waals surface area contributed by atoms with Crippen LogP contribution in [-0.4, -0.2) is 17.2 Å². The van der Waals surface area contributed by atoms with Crippen LogP contribution in [0.1, 0.15) is 12.6 Å². The molecule has 1 unspecified atom stereocenters. The summed E-state index contributed by atoms with van der Waals surface area (Å²) in [4.78, 5) is 4.66. The average Bonchev–Trinajstić information content (AvgIpc) is 2.29. The first kappa shape index (κ1) is 13.9. The third kappa shape index (κ3) is 4.29. The maximum atomic E-state index is 12.3. The van der Waals surface area contributed by atoms with Crippen molar-refractivity contribution in [2.24, 2.45) is 0 Å². The van der Waals surface area contributed by atoms with Crippen LogP contribution in [-0.2, 0) is 6.42 Å². The number of halogens is 3. The number of hydrogen-bond donors (Lipinski definition) is 1. The van der Waals surface area contributed by atoms with Crippen molar-refractivity contribution >= 4 is 11.9 Å². The quantitative estimate of drug-likeness (QED) is 0.665. The van der Waals surface area contributed by atoms with Gasteiger partial charge in [-0.1, -0.05) is 12.8 Å². The minimum atomic E-state index is -4.45. The van der Waals surface area contributed by atoms with E-state index in [1.165, 1.54) is 6.20 Å². The SMILES string of the molecule is C#CC(NSc1ccc(CC)nc1)C(F)(F)F. The van der Waals surface area contributed by atoms with Crippen molar-refractivity contribution in [2.45, 2.75) is 30.5 Å². The molecule has 0 aromatic carbocycles. The number of aryl methyl sites for hydroxylation is 1. The molecule has 0 aliphatic carbocycles. The largest absolute Gasteiger partial charge is 0.415 e. The molecule has 1 heterocycles. The Morgan fingerprint density at radius 1 is 1.53 bits per heavy atom. The zero-order chi connectivity index (χ0) is 12.9. The van der Waals surface area contributed by atoms with Crippen molar-refractivity contribution in [3.05, 3.63) is 24.0 Å². The van der Waals surface area contributed by atoms with Gasteiger partial charge in [-0.15, -0.1) is 6.42 Å². The number of terminal acetylenes is 1. The van der Waals surface area contributed by atoms with Gasteiger partial charge >= 0.3 is 6.18 Å². The van der Waals surface area contributed by atoms with E-state index in [9.17, 15) is 13.2 Å². The highest BCUT2D eigenvalue weighted by molar-refractivity contribution is 7.97. The van der Waals surface area contributed by atoms with E-state index in [0.29, 0.717) is 4.90 Å². The van der Waals surface area contributed by atoms with Gasteiger partial charge in [0, 0.05) is 16.8 Å². The Morgan fingerprint density at radius 2 is 2.24 bits per heavy atom. The minimum Gasteiger partial charge on any atom is -0.260 e. The first-order chi connectivity index (χ1) is 7.97. The molecule has 0 aliphatic rings. The van der Waals surface area contributed by atoms with Gasteiger partial charge in [0.1, 0.15) is 0 Å². The van der Waals surface area contributed by atoms with E-state index in [4.69, 9.17) is 6.42 Å². The summed E-state index contributed by atoms with van der Waals surface area (Å²) >= 11 is 0.824. The Bertz CT molecular complexity index is 395. The monoisotopic (exact) mass is 260 g/mol. The Labute approximate surface area is 102 Å². The molecule has 0 saturated heterocycles. The molecule has 1 N–H and O–H groups in total. The molecule has 17 heavy (non-hydrogen) atoms. The first-order valence-corrected chi connectivity index (χ1v) is 5.69. The lowest BCUT2D eigenvalue weighted by molar-refractivity contribution is -0.137. The topological polar surface area (TPSA) is 24.9 Å². The van der Waals surface area contributed by atoms with Gasteiger partial charge in [0.25, 0.3) is 0 Å². The van der Waals surface area contributed by atoms with E-state index >= 15 is 0 Å². The Kier molecular flexibility index (Phi) is 4.85. The molecular formula is C11H11F3N2S. The molecule has 0 spiro atoms. The second kappa shape index (κ2) is 5.94. The first-order valence-electron chi connectivity index (χ1n) is 4.87. The Balaban J connectivity index is 2.58. The summed E-state index contributed by atoms with van der Waals surface area (Å²) in [5.74, 6) is 1.66. The summed E-state index contributed by atoms with van der Waals surface area (Å²) in [7, 11) is 0. The number of alkyl halides is 3. The summed E-state index contributed by atoms with van der Waals surface area (Å²) in [5, 5.41) is 0. The normalized spacial score (nSPS) is 13.1. The Hall–Kier alpha value is -1.19. The molecule has 92 valence electrons. The number of nitrogens with one attached hydrogen (secondary N) is 1. The second-order valence-electron chi connectivity index (χ2n) is 3.20. The zero-order valence-corrected chi connectivity index (χ0v) is 9.90. The van der Waals surface area contributed by atoms with Crippen molar-refractivity contribution < 1.29 is 13.2 Å². The van der Waals surface area contributed by atoms with Crippen molar-refractivity contribution in [1.82, 2.24) is 9.71 Å². The van der Waals surface area contributed by atoms with Gasteiger partial charge in [-0.05, 0) is 30.5 Å². The lowest BCUT2D eigenvalue weighted by Gasteiger charge is -2.15. The predicted octanol–water partition coefficient (Wildman–Crippen LogP) is 2.80. The molecule has 0 amide bonds. The lowest BCUT2D eigenvalue weighted by Crippen LogP contribution is -2.37. The third-order valence-corrected chi connectivity index (χ3v) is 2.78. The second-order valence-corrected chi connectivity index (χ2v) is 4.11. The van der Waals surface area contributed by atoms with Crippen LogP contribution in [0.15, 0.2) is 23.2 Å². The zero-order valence-electron chi connectivity index (χ0n) is 9.08. The average molecular weight is 260 g/mol.